The zero-order chi connectivity index (χ0) is 14.4. The molecule has 0 aliphatic carbocycles. The molecule has 0 spiro atoms. The third-order valence-electron chi connectivity index (χ3n) is 2.89. The van der Waals surface area contributed by atoms with Crippen LogP contribution in [0, 0.1) is 17.3 Å². The standard InChI is InChI=1S/C13H15FN4OS/c1-20-13(16-9-15)17-12-10(14)3-2-4-11(12)18-5-7-19-8-6-18/h2-4H,5-8H2,1H3,(H,16,17). The van der Waals surface area contributed by atoms with Gasteiger partial charge >= 0.3 is 0 Å². The van der Waals surface area contributed by atoms with Crippen LogP contribution in [-0.4, -0.2) is 37.7 Å². The van der Waals surface area contributed by atoms with Gasteiger partial charge in [-0.25, -0.2) is 9.38 Å². The fourth-order valence-electron chi connectivity index (χ4n) is 1.95. The first kappa shape index (κ1) is 14.6. The second-order valence-corrected chi connectivity index (χ2v) is 4.86. The van der Waals surface area contributed by atoms with Crippen molar-refractivity contribution in [2.24, 2.45) is 4.99 Å². The van der Waals surface area contributed by atoms with E-state index in [2.05, 4.69) is 10.3 Å². The average Bonchev–Trinajstić information content (AvgIpc) is 2.49. The van der Waals surface area contributed by atoms with Crippen molar-refractivity contribution in [3.05, 3.63) is 24.0 Å². The Hall–Kier alpha value is -1.78. The van der Waals surface area contributed by atoms with Gasteiger partial charge in [-0.2, -0.15) is 5.26 Å². The van der Waals surface area contributed by atoms with Crippen LogP contribution in [0.5, 0.6) is 0 Å². The molecule has 1 aromatic carbocycles. The fraction of sp³-hybridized carbons (Fsp3) is 0.385. The highest BCUT2D eigenvalue weighted by Gasteiger charge is 2.17. The molecule has 1 aliphatic heterocycles. The minimum absolute atomic E-state index is 0.251. The maximum Gasteiger partial charge on any atom is 0.183 e. The number of nitrogens with zero attached hydrogens (tertiary/aromatic N) is 3. The molecule has 0 bridgehead atoms. The molecule has 2 rings (SSSR count). The Morgan fingerprint density at radius 1 is 1.50 bits per heavy atom. The van der Waals surface area contributed by atoms with Crippen molar-refractivity contribution in [3.63, 3.8) is 0 Å². The molecule has 1 heterocycles. The molecule has 0 saturated carbocycles. The number of nitriles is 1. The predicted octanol–water partition coefficient (Wildman–Crippen LogP) is 2.08. The van der Waals surface area contributed by atoms with Crippen LogP contribution < -0.4 is 10.2 Å². The van der Waals surface area contributed by atoms with Crippen molar-refractivity contribution in [1.82, 2.24) is 5.32 Å². The van der Waals surface area contributed by atoms with Gasteiger partial charge in [0.05, 0.1) is 18.9 Å². The van der Waals surface area contributed by atoms with Crippen LogP contribution >= 0.6 is 11.8 Å². The van der Waals surface area contributed by atoms with Crippen LogP contribution in [0.15, 0.2) is 23.2 Å². The van der Waals surface area contributed by atoms with E-state index in [1.807, 2.05) is 11.0 Å². The second-order valence-electron chi connectivity index (χ2n) is 4.06. The molecule has 1 N–H and O–H groups in total. The van der Waals surface area contributed by atoms with Gasteiger partial charge in [-0.3, -0.25) is 5.32 Å². The number of amidine groups is 1. The van der Waals surface area contributed by atoms with Crippen molar-refractivity contribution < 1.29 is 9.13 Å². The number of halogens is 1. The quantitative estimate of drug-likeness (QED) is 0.392. The Morgan fingerprint density at radius 2 is 2.25 bits per heavy atom. The Bertz CT molecular complexity index is 538. The molecule has 0 radical (unpaired) electrons. The summed E-state index contributed by atoms with van der Waals surface area (Å²) in [5.41, 5.74) is 0.973. The van der Waals surface area contributed by atoms with Crippen molar-refractivity contribution in [2.45, 2.75) is 0 Å². The number of nitrogens with one attached hydrogen (secondary N) is 1. The van der Waals surface area contributed by atoms with Crippen molar-refractivity contribution in [1.29, 1.82) is 5.26 Å². The van der Waals surface area contributed by atoms with Crippen LogP contribution in [0.4, 0.5) is 15.8 Å². The largest absolute Gasteiger partial charge is 0.378 e. The molecule has 1 saturated heterocycles. The average molecular weight is 294 g/mol. The number of aliphatic imine (C=N–C) groups is 1. The summed E-state index contributed by atoms with van der Waals surface area (Å²) in [6.45, 7) is 2.63. The minimum Gasteiger partial charge on any atom is -0.378 e. The van der Waals surface area contributed by atoms with Gasteiger partial charge < -0.3 is 9.64 Å². The number of hydrogen-bond donors (Lipinski definition) is 1. The van der Waals surface area contributed by atoms with Gasteiger partial charge in [-0.05, 0) is 18.4 Å². The fourth-order valence-corrected chi connectivity index (χ4v) is 2.28. The normalized spacial score (nSPS) is 15.8. The molecule has 20 heavy (non-hydrogen) atoms. The van der Waals surface area contributed by atoms with Gasteiger partial charge in [0.15, 0.2) is 17.2 Å². The number of thioether (sulfide) groups is 1. The lowest BCUT2D eigenvalue weighted by Crippen LogP contribution is -2.36. The maximum absolute atomic E-state index is 14.1. The van der Waals surface area contributed by atoms with Crippen LogP contribution in [0.2, 0.25) is 0 Å². The molecular weight excluding hydrogens is 279 g/mol. The molecular formula is C13H15FN4OS. The molecule has 0 amide bonds. The molecule has 106 valence electrons. The summed E-state index contributed by atoms with van der Waals surface area (Å²) < 4.78 is 19.4. The van der Waals surface area contributed by atoms with E-state index in [0.29, 0.717) is 31.5 Å². The molecule has 1 aromatic rings. The van der Waals surface area contributed by atoms with E-state index in [4.69, 9.17) is 10.00 Å². The van der Waals surface area contributed by atoms with Gasteiger partial charge in [-0.15, -0.1) is 0 Å². The summed E-state index contributed by atoms with van der Waals surface area (Å²) in [6, 6.07) is 4.86. The Balaban J connectivity index is 2.38. The Kier molecular flexibility index (Phi) is 5.21. The van der Waals surface area contributed by atoms with Crippen molar-refractivity contribution in [2.75, 3.05) is 37.5 Å². The monoisotopic (exact) mass is 294 g/mol. The van der Waals surface area contributed by atoms with E-state index in [-0.39, 0.29) is 5.69 Å². The summed E-state index contributed by atoms with van der Waals surface area (Å²) >= 11 is 1.26. The van der Waals surface area contributed by atoms with E-state index >= 15 is 0 Å². The van der Waals surface area contributed by atoms with Crippen molar-refractivity contribution in [3.8, 4) is 6.19 Å². The lowest BCUT2D eigenvalue weighted by Gasteiger charge is -2.29. The lowest BCUT2D eigenvalue weighted by molar-refractivity contribution is 0.122. The summed E-state index contributed by atoms with van der Waals surface area (Å²) in [4.78, 5) is 6.27. The molecule has 5 nitrogen and oxygen atoms in total. The number of anilines is 1. The number of morpholine rings is 1. The Morgan fingerprint density at radius 3 is 2.90 bits per heavy atom. The zero-order valence-corrected chi connectivity index (χ0v) is 11.9. The number of ether oxygens (including phenoxy) is 1. The minimum atomic E-state index is -0.403. The first-order valence-electron chi connectivity index (χ1n) is 6.15. The SMILES string of the molecule is CSC(=Nc1c(F)cccc1N1CCOCC1)NC#N. The topological polar surface area (TPSA) is 60.6 Å². The number of hydrogen-bond acceptors (Lipinski definition) is 5. The van der Waals surface area contributed by atoms with Gasteiger partial charge in [0.1, 0.15) is 5.69 Å². The number of para-hydroxylation sites is 1. The van der Waals surface area contributed by atoms with E-state index in [0.717, 1.165) is 5.69 Å². The van der Waals surface area contributed by atoms with E-state index in [9.17, 15) is 4.39 Å². The van der Waals surface area contributed by atoms with Gasteiger partial charge in [0, 0.05) is 13.1 Å². The van der Waals surface area contributed by atoms with Crippen LogP contribution in [-0.2, 0) is 4.74 Å². The summed E-state index contributed by atoms with van der Waals surface area (Å²) in [6.07, 6.45) is 3.58. The van der Waals surface area contributed by atoms with Crippen LogP contribution in [0.1, 0.15) is 0 Å². The van der Waals surface area contributed by atoms with E-state index in [1.54, 1.807) is 18.5 Å². The highest BCUT2D eigenvalue weighted by molar-refractivity contribution is 8.13. The molecule has 1 fully saturated rings. The number of benzene rings is 1. The van der Waals surface area contributed by atoms with E-state index in [1.165, 1.54) is 17.8 Å². The summed E-state index contributed by atoms with van der Waals surface area (Å²) in [5, 5.41) is 11.5. The maximum atomic E-state index is 14.1. The second kappa shape index (κ2) is 7.12. The third kappa shape index (κ3) is 3.40. The van der Waals surface area contributed by atoms with Gasteiger partial charge in [0.2, 0.25) is 0 Å². The smallest absolute Gasteiger partial charge is 0.183 e. The lowest BCUT2D eigenvalue weighted by atomic mass is 10.2. The zero-order valence-electron chi connectivity index (χ0n) is 11.1. The number of rotatable bonds is 2. The molecule has 0 aromatic heterocycles. The van der Waals surface area contributed by atoms with E-state index < -0.39 is 5.82 Å². The van der Waals surface area contributed by atoms with Crippen LogP contribution in [0.25, 0.3) is 0 Å². The first-order chi connectivity index (χ1) is 9.76. The summed E-state index contributed by atoms with van der Waals surface area (Å²) in [5.74, 6) is -0.403. The third-order valence-corrected chi connectivity index (χ3v) is 3.47. The predicted molar refractivity (Wildman–Crippen MR) is 78.8 cm³/mol. The molecule has 7 heteroatoms. The highest BCUT2D eigenvalue weighted by Crippen LogP contribution is 2.32. The van der Waals surface area contributed by atoms with Gasteiger partial charge in [0.25, 0.3) is 0 Å². The first-order valence-corrected chi connectivity index (χ1v) is 7.37. The van der Waals surface area contributed by atoms with Crippen LogP contribution in [0.3, 0.4) is 0 Å². The summed E-state index contributed by atoms with van der Waals surface area (Å²) in [7, 11) is 0. The molecule has 0 atom stereocenters. The Labute approximate surface area is 121 Å². The highest BCUT2D eigenvalue weighted by atomic mass is 32.2. The van der Waals surface area contributed by atoms with Crippen molar-refractivity contribution >= 4 is 28.3 Å². The molecule has 0 unspecified atom stereocenters. The van der Waals surface area contributed by atoms with Gasteiger partial charge in [-0.1, -0.05) is 17.8 Å². The molecule has 1 aliphatic rings.